The number of esters is 2. The van der Waals surface area contributed by atoms with Crippen molar-refractivity contribution in [2.24, 2.45) is 0 Å². The molecular formula is C11H5NO3. The molecule has 1 aromatic heterocycles. The van der Waals surface area contributed by atoms with Crippen LogP contribution in [0.25, 0.3) is 10.9 Å². The molecular weight excluding hydrogens is 194 g/mol. The second-order valence-electron chi connectivity index (χ2n) is 3.24. The van der Waals surface area contributed by atoms with E-state index in [0.29, 0.717) is 22.0 Å². The van der Waals surface area contributed by atoms with E-state index in [4.69, 9.17) is 0 Å². The second kappa shape index (κ2) is 2.63. The lowest BCUT2D eigenvalue weighted by Gasteiger charge is -2.13. The number of cyclic esters (lactones) is 2. The third-order valence-electron chi connectivity index (χ3n) is 2.39. The fourth-order valence-electron chi connectivity index (χ4n) is 1.74. The van der Waals surface area contributed by atoms with Gasteiger partial charge in [0.1, 0.15) is 0 Å². The Bertz CT molecular complexity index is 555. The minimum absolute atomic E-state index is 0.398. The van der Waals surface area contributed by atoms with Gasteiger partial charge in [0, 0.05) is 11.6 Å². The topological polar surface area (TPSA) is 56.3 Å². The molecule has 4 nitrogen and oxygen atoms in total. The van der Waals surface area contributed by atoms with Crippen molar-refractivity contribution >= 4 is 22.8 Å². The van der Waals surface area contributed by atoms with Gasteiger partial charge in [0.05, 0.1) is 16.6 Å². The first kappa shape index (κ1) is 8.11. The molecule has 2 heterocycles. The molecule has 1 aliphatic rings. The number of ether oxygens (including phenoxy) is 1. The molecule has 0 N–H and O–H groups in total. The van der Waals surface area contributed by atoms with Gasteiger partial charge in [-0.25, -0.2) is 9.59 Å². The van der Waals surface area contributed by atoms with E-state index in [9.17, 15) is 9.59 Å². The normalized spacial score (nSPS) is 14.1. The Kier molecular flexibility index (Phi) is 1.42. The van der Waals surface area contributed by atoms with Crippen LogP contribution in [0, 0.1) is 0 Å². The molecule has 1 aliphatic heterocycles. The molecule has 0 atom stereocenters. The molecule has 3 rings (SSSR count). The summed E-state index contributed by atoms with van der Waals surface area (Å²) in [4.78, 5) is 26.9. The third kappa shape index (κ3) is 0.985. The van der Waals surface area contributed by atoms with Crippen LogP contribution in [-0.4, -0.2) is 16.9 Å². The van der Waals surface area contributed by atoms with Crippen molar-refractivity contribution in [2.45, 2.75) is 0 Å². The maximum Gasteiger partial charge on any atom is 0.346 e. The summed E-state index contributed by atoms with van der Waals surface area (Å²) in [5.41, 5.74) is 1.43. The van der Waals surface area contributed by atoms with Crippen molar-refractivity contribution in [3.05, 3.63) is 41.6 Å². The van der Waals surface area contributed by atoms with Gasteiger partial charge in [-0.3, -0.25) is 4.98 Å². The zero-order chi connectivity index (χ0) is 10.4. The molecule has 0 spiro atoms. The van der Waals surface area contributed by atoms with E-state index in [0.717, 1.165) is 0 Å². The van der Waals surface area contributed by atoms with Gasteiger partial charge < -0.3 is 4.74 Å². The average molecular weight is 199 g/mol. The zero-order valence-electron chi connectivity index (χ0n) is 7.56. The van der Waals surface area contributed by atoms with Gasteiger partial charge in [-0.1, -0.05) is 6.07 Å². The van der Waals surface area contributed by atoms with Crippen molar-refractivity contribution in [1.82, 2.24) is 4.98 Å². The van der Waals surface area contributed by atoms with Crippen LogP contribution in [0.1, 0.15) is 20.7 Å². The van der Waals surface area contributed by atoms with Crippen LogP contribution in [0.2, 0.25) is 0 Å². The van der Waals surface area contributed by atoms with Crippen LogP contribution < -0.4 is 0 Å². The Morgan fingerprint density at radius 1 is 1.00 bits per heavy atom. The number of aromatic nitrogens is 1. The highest BCUT2D eigenvalue weighted by Gasteiger charge is 2.26. The number of pyridine rings is 1. The van der Waals surface area contributed by atoms with Crippen LogP contribution in [0.3, 0.4) is 0 Å². The van der Waals surface area contributed by atoms with Crippen molar-refractivity contribution in [3.63, 3.8) is 0 Å². The summed E-state index contributed by atoms with van der Waals surface area (Å²) in [5, 5.41) is 0.584. The number of carbonyl (C=O) groups is 2. The van der Waals surface area contributed by atoms with E-state index in [1.807, 2.05) is 0 Å². The van der Waals surface area contributed by atoms with Crippen LogP contribution in [0.5, 0.6) is 0 Å². The van der Waals surface area contributed by atoms with Crippen molar-refractivity contribution < 1.29 is 14.3 Å². The standard InChI is InChI=1S/C11H5NO3/c13-10-6-2-1-3-8-9(6)7(4-5-12-8)11(14)15-10/h1-5H. The van der Waals surface area contributed by atoms with E-state index in [-0.39, 0.29) is 0 Å². The summed E-state index contributed by atoms with van der Waals surface area (Å²) in [6, 6.07) is 6.66. The first-order valence-electron chi connectivity index (χ1n) is 4.41. The highest BCUT2D eigenvalue weighted by molar-refractivity contribution is 6.19. The minimum Gasteiger partial charge on any atom is -0.386 e. The van der Waals surface area contributed by atoms with Gasteiger partial charge >= 0.3 is 11.9 Å². The smallest absolute Gasteiger partial charge is 0.346 e. The number of hydrogen-bond acceptors (Lipinski definition) is 4. The Morgan fingerprint density at radius 2 is 1.73 bits per heavy atom. The van der Waals surface area contributed by atoms with Crippen LogP contribution in [0.4, 0.5) is 0 Å². The molecule has 0 fully saturated rings. The molecule has 0 saturated carbocycles. The van der Waals surface area contributed by atoms with Crippen LogP contribution >= 0.6 is 0 Å². The molecule has 0 bridgehead atoms. The van der Waals surface area contributed by atoms with E-state index in [1.54, 1.807) is 24.3 Å². The Balaban J connectivity index is 2.56. The van der Waals surface area contributed by atoms with E-state index >= 15 is 0 Å². The average Bonchev–Trinajstić information content (AvgIpc) is 2.25. The van der Waals surface area contributed by atoms with E-state index in [2.05, 4.69) is 9.72 Å². The van der Waals surface area contributed by atoms with E-state index in [1.165, 1.54) is 6.20 Å². The lowest BCUT2D eigenvalue weighted by molar-refractivity contribution is 0.0391. The van der Waals surface area contributed by atoms with Gasteiger partial charge in [-0.15, -0.1) is 0 Å². The van der Waals surface area contributed by atoms with Gasteiger partial charge in [-0.05, 0) is 18.2 Å². The lowest BCUT2D eigenvalue weighted by atomic mass is 10.0. The molecule has 0 saturated heterocycles. The fraction of sp³-hybridized carbons (Fsp3) is 0. The van der Waals surface area contributed by atoms with E-state index < -0.39 is 11.9 Å². The monoisotopic (exact) mass is 199 g/mol. The molecule has 0 amide bonds. The Labute approximate surface area is 84.5 Å². The summed E-state index contributed by atoms with van der Waals surface area (Å²) in [6.07, 6.45) is 1.53. The largest absolute Gasteiger partial charge is 0.386 e. The van der Waals surface area contributed by atoms with Gasteiger partial charge in [0.25, 0.3) is 0 Å². The SMILES string of the molecule is O=C1OC(=O)c2ccnc3cccc1c23. The molecule has 15 heavy (non-hydrogen) atoms. The van der Waals surface area contributed by atoms with Gasteiger partial charge in [-0.2, -0.15) is 0 Å². The Morgan fingerprint density at radius 3 is 2.53 bits per heavy atom. The predicted molar refractivity (Wildman–Crippen MR) is 51.5 cm³/mol. The first-order valence-corrected chi connectivity index (χ1v) is 4.41. The minimum atomic E-state index is -0.605. The molecule has 4 heteroatoms. The summed E-state index contributed by atoms with van der Waals surface area (Å²) in [7, 11) is 0. The van der Waals surface area contributed by atoms with Crippen molar-refractivity contribution in [2.75, 3.05) is 0 Å². The fourth-order valence-corrected chi connectivity index (χ4v) is 1.74. The zero-order valence-corrected chi connectivity index (χ0v) is 7.56. The summed E-state index contributed by atoms with van der Waals surface area (Å²) >= 11 is 0. The highest BCUT2D eigenvalue weighted by Crippen LogP contribution is 2.26. The summed E-state index contributed by atoms with van der Waals surface area (Å²) < 4.78 is 4.60. The predicted octanol–water partition coefficient (Wildman–Crippen LogP) is 1.55. The molecule has 0 unspecified atom stereocenters. The molecule has 0 aliphatic carbocycles. The quantitative estimate of drug-likeness (QED) is 0.477. The summed E-state index contributed by atoms with van der Waals surface area (Å²) in [6.45, 7) is 0. The van der Waals surface area contributed by atoms with Crippen molar-refractivity contribution in [3.8, 4) is 0 Å². The number of hydrogen-bond donors (Lipinski definition) is 0. The molecule has 0 radical (unpaired) electrons. The number of rotatable bonds is 0. The second-order valence-corrected chi connectivity index (χ2v) is 3.24. The van der Waals surface area contributed by atoms with Gasteiger partial charge in [0.2, 0.25) is 0 Å². The Hall–Kier alpha value is -2.23. The van der Waals surface area contributed by atoms with Crippen molar-refractivity contribution in [1.29, 1.82) is 0 Å². The van der Waals surface area contributed by atoms with Gasteiger partial charge in [0.15, 0.2) is 0 Å². The number of nitrogens with zero attached hydrogens (tertiary/aromatic N) is 1. The number of carbonyl (C=O) groups excluding carboxylic acids is 2. The molecule has 72 valence electrons. The van der Waals surface area contributed by atoms with Crippen LogP contribution in [-0.2, 0) is 4.74 Å². The molecule has 2 aromatic rings. The maximum absolute atomic E-state index is 11.4. The maximum atomic E-state index is 11.4. The molecule has 1 aromatic carbocycles. The summed E-state index contributed by atoms with van der Waals surface area (Å²) in [5.74, 6) is -1.21. The van der Waals surface area contributed by atoms with Crippen LogP contribution in [0.15, 0.2) is 30.5 Å². The lowest BCUT2D eigenvalue weighted by Crippen LogP contribution is -2.19. The third-order valence-corrected chi connectivity index (χ3v) is 2.39. The highest BCUT2D eigenvalue weighted by atomic mass is 16.6. The first-order chi connectivity index (χ1) is 7.27. The number of benzene rings is 1.